The molecule has 196 valence electrons. The quantitative estimate of drug-likeness (QED) is 0.528. The van der Waals surface area contributed by atoms with E-state index in [9.17, 15) is 13.6 Å². The number of hydrogen-bond donors (Lipinski definition) is 0. The second-order valence-corrected chi connectivity index (χ2v) is 9.69. The molecule has 0 spiro atoms. The number of fused-ring (bicyclic) bond motifs is 3. The van der Waals surface area contributed by atoms with Crippen molar-refractivity contribution < 1.29 is 27.8 Å². The molecule has 0 amide bonds. The summed E-state index contributed by atoms with van der Waals surface area (Å²) in [6.45, 7) is 5.93. The van der Waals surface area contributed by atoms with Gasteiger partial charge in [0.2, 0.25) is 5.96 Å². The van der Waals surface area contributed by atoms with Crippen LogP contribution in [0.4, 0.5) is 14.5 Å². The first kappa shape index (κ1) is 24.7. The fraction of sp³-hybridized carbons (Fsp3) is 0.640. The molecule has 1 atom stereocenters. The Labute approximate surface area is 209 Å². The molecular weight excluding hydrogens is 472 g/mol. The highest BCUT2D eigenvalue weighted by molar-refractivity contribution is 6.16. The summed E-state index contributed by atoms with van der Waals surface area (Å²) in [5.74, 6) is -0.593. The summed E-state index contributed by atoms with van der Waals surface area (Å²) in [7, 11) is 1.60. The van der Waals surface area contributed by atoms with Crippen LogP contribution in [-0.2, 0) is 9.53 Å². The Morgan fingerprint density at radius 1 is 1.14 bits per heavy atom. The third-order valence-corrected chi connectivity index (χ3v) is 7.06. The van der Waals surface area contributed by atoms with Crippen LogP contribution in [0.5, 0.6) is 11.5 Å². The summed E-state index contributed by atoms with van der Waals surface area (Å²) in [4.78, 5) is 27.3. The number of piperidine rings is 1. The molecule has 4 aliphatic heterocycles. The Morgan fingerprint density at radius 2 is 1.89 bits per heavy atom. The number of benzene rings is 1. The van der Waals surface area contributed by atoms with Crippen LogP contribution in [0.3, 0.4) is 0 Å². The van der Waals surface area contributed by atoms with Crippen molar-refractivity contribution in [3.63, 3.8) is 0 Å². The molecular formula is C25H33F2N5O4. The largest absolute Gasteiger partial charge is 0.493 e. The fourth-order valence-electron chi connectivity index (χ4n) is 5.10. The number of guanidine groups is 1. The molecule has 0 aromatic heterocycles. The van der Waals surface area contributed by atoms with E-state index in [0.29, 0.717) is 42.1 Å². The molecule has 1 unspecified atom stereocenters. The van der Waals surface area contributed by atoms with Gasteiger partial charge in [0, 0.05) is 51.0 Å². The van der Waals surface area contributed by atoms with E-state index in [-0.39, 0.29) is 44.5 Å². The number of amidine groups is 1. The summed E-state index contributed by atoms with van der Waals surface area (Å²) in [6, 6.07) is 3.43. The molecule has 0 saturated carbocycles. The Morgan fingerprint density at radius 3 is 2.58 bits per heavy atom. The molecule has 11 heteroatoms. The minimum absolute atomic E-state index is 0.144. The summed E-state index contributed by atoms with van der Waals surface area (Å²) < 4.78 is 44.7. The number of methoxy groups -OCH3 is 1. The van der Waals surface area contributed by atoms with E-state index in [1.165, 1.54) is 19.8 Å². The predicted molar refractivity (Wildman–Crippen MR) is 131 cm³/mol. The van der Waals surface area contributed by atoms with E-state index < -0.39 is 5.92 Å². The fourth-order valence-corrected chi connectivity index (χ4v) is 5.10. The number of carbonyl (C=O) groups excluding carboxylic acids is 1. The van der Waals surface area contributed by atoms with Crippen LogP contribution in [0.2, 0.25) is 0 Å². The predicted octanol–water partition coefficient (Wildman–Crippen LogP) is 2.90. The highest BCUT2D eigenvalue weighted by Gasteiger charge is 2.41. The van der Waals surface area contributed by atoms with Gasteiger partial charge in [-0.1, -0.05) is 0 Å². The first-order valence-corrected chi connectivity index (χ1v) is 12.6. The van der Waals surface area contributed by atoms with Gasteiger partial charge >= 0.3 is 5.97 Å². The zero-order chi connectivity index (χ0) is 25.3. The van der Waals surface area contributed by atoms with Crippen LogP contribution in [0.1, 0.15) is 38.2 Å². The van der Waals surface area contributed by atoms with Crippen molar-refractivity contribution in [2.45, 2.75) is 44.6 Å². The number of hydrogen-bond acceptors (Lipinski definition) is 9. The van der Waals surface area contributed by atoms with E-state index in [2.05, 4.69) is 4.90 Å². The lowest BCUT2D eigenvalue weighted by molar-refractivity contribution is -0.141. The van der Waals surface area contributed by atoms with Crippen LogP contribution in [0.25, 0.3) is 0 Å². The maximum Gasteiger partial charge on any atom is 0.302 e. The first-order valence-electron chi connectivity index (χ1n) is 12.6. The van der Waals surface area contributed by atoms with Gasteiger partial charge in [0.15, 0.2) is 11.5 Å². The number of nitrogens with zero attached hydrogens (tertiary/aromatic N) is 5. The topological polar surface area (TPSA) is 79.2 Å². The molecule has 4 heterocycles. The van der Waals surface area contributed by atoms with E-state index in [1.54, 1.807) is 7.11 Å². The summed E-state index contributed by atoms with van der Waals surface area (Å²) in [6.07, 6.45) is 2.01. The summed E-state index contributed by atoms with van der Waals surface area (Å²) in [5, 5.41) is 0. The molecule has 2 fully saturated rings. The second kappa shape index (κ2) is 10.2. The molecule has 1 aromatic carbocycles. The molecule has 9 nitrogen and oxygen atoms in total. The van der Waals surface area contributed by atoms with Crippen molar-refractivity contribution >= 4 is 23.5 Å². The molecule has 0 radical (unpaired) electrons. The van der Waals surface area contributed by atoms with Crippen molar-refractivity contribution in [1.29, 1.82) is 0 Å². The number of halogens is 2. The molecule has 0 aliphatic carbocycles. The molecule has 5 rings (SSSR count). The number of aliphatic imine (C=N–C) groups is 2. The van der Waals surface area contributed by atoms with Gasteiger partial charge in [0.25, 0.3) is 5.92 Å². The van der Waals surface area contributed by atoms with Gasteiger partial charge in [-0.25, -0.2) is 13.8 Å². The van der Waals surface area contributed by atoms with Crippen LogP contribution < -0.4 is 9.47 Å². The molecule has 4 aliphatic rings. The second-order valence-electron chi connectivity index (χ2n) is 9.69. The highest BCUT2D eigenvalue weighted by atomic mass is 19.3. The maximum absolute atomic E-state index is 13.9. The van der Waals surface area contributed by atoms with Gasteiger partial charge in [0.05, 0.1) is 19.3 Å². The van der Waals surface area contributed by atoms with E-state index >= 15 is 0 Å². The normalized spacial score (nSPS) is 23.1. The molecule has 0 N–H and O–H groups in total. The minimum Gasteiger partial charge on any atom is -0.493 e. The maximum atomic E-state index is 13.9. The van der Waals surface area contributed by atoms with E-state index in [4.69, 9.17) is 24.2 Å². The first-order chi connectivity index (χ1) is 17.3. The van der Waals surface area contributed by atoms with Gasteiger partial charge in [-0.2, -0.15) is 0 Å². The SMILES string of the molecule is COc1cc2c(cc1OCCN1CCCC1)N=C(N1CCC(F)(F)CC1)N1CC(COC(C)=O)N=C21. The number of carbonyl (C=O) groups is 1. The van der Waals surface area contributed by atoms with Crippen molar-refractivity contribution in [2.24, 2.45) is 9.98 Å². The molecule has 2 saturated heterocycles. The Bertz CT molecular complexity index is 1050. The Balaban J connectivity index is 1.43. The lowest BCUT2D eigenvalue weighted by atomic mass is 10.1. The van der Waals surface area contributed by atoms with Crippen molar-refractivity contribution in [2.75, 3.05) is 59.6 Å². The van der Waals surface area contributed by atoms with Gasteiger partial charge < -0.3 is 19.1 Å². The smallest absolute Gasteiger partial charge is 0.302 e. The number of alkyl halides is 2. The van der Waals surface area contributed by atoms with Crippen LogP contribution >= 0.6 is 0 Å². The lowest BCUT2D eigenvalue weighted by Gasteiger charge is -2.39. The monoisotopic (exact) mass is 505 g/mol. The Kier molecular flexibility index (Phi) is 7.00. The number of ether oxygens (including phenoxy) is 3. The van der Waals surface area contributed by atoms with E-state index in [1.807, 2.05) is 21.9 Å². The zero-order valence-electron chi connectivity index (χ0n) is 20.8. The van der Waals surface area contributed by atoms with Crippen LogP contribution in [0.15, 0.2) is 22.1 Å². The third-order valence-electron chi connectivity index (χ3n) is 7.06. The Hall–Kier alpha value is -2.95. The standard InChI is InChI=1S/C25H33F2N5O4/c1-17(33)36-16-18-15-32-23(28-18)19-13-21(34-2)22(35-12-11-30-7-3-4-8-30)14-20(19)29-24(32)31-9-5-25(26,27)6-10-31/h13-14,18H,3-12,15-16H2,1-2H3. The lowest BCUT2D eigenvalue weighted by Crippen LogP contribution is -2.52. The average Bonchev–Trinajstić information content (AvgIpc) is 3.52. The number of likely N-dealkylation sites (tertiary alicyclic amines) is 2. The minimum atomic E-state index is -2.66. The zero-order valence-corrected chi connectivity index (χ0v) is 20.8. The van der Waals surface area contributed by atoms with Crippen molar-refractivity contribution in [3.8, 4) is 11.5 Å². The van der Waals surface area contributed by atoms with Gasteiger partial charge in [-0.3, -0.25) is 19.6 Å². The van der Waals surface area contributed by atoms with Gasteiger partial charge in [-0.05, 0) is 32.0 Å². The van der Waals surface area contributed by atoms with Gasteiger partial charge in [0.1, 0.15) is 25.1 Å². The van der Waals surface area contributed by atoms with Crippen LogP contribution in [-0.4, -0.2) is 104 Å². The number of rotatable bonds is 7. The van der Waals surface area contributed by atoms with Crippen molar-refractivity contribution in [3.05, 3.63) is 17.7 Å². The number of esters is 1. The van der Waals surface area contributed by atoms with Gasteiger partial charge in [-0.15, -0.1) is 0 Å². The molecule has 0 bridgehead atoms. The molecule has 36 heavy (non-hydrogen) atoms. The average molecular weight is 506 g/mol. The summed E-state index contributed by atoms with van der Waals surface area (Å²) >= 11 is 0. The van der Waals surface area contributed by atoms with E-state index in [0.717, 1.165) is 25.2 Å². The highest BCUT2D eigenvalue weighted by Crippen LogP contribution is 2.40. The van der Waals surface area contributed by atoms with Crippen molar-refractivity contribution in [1.82, 2.24) is 14.7 Å². The molecule has 1 aromatic rings. The summed E-state index contributed by atoms with van der Waals surface area (Å²) in [5.41, 5.74) is 1.43. The van der Waals surface area contributed by atoms with Crippen LogP contribution in [0, 0.1) is 0 Å². The third kappa shape index (κ3) is 5.25.